The minimum absolute atomic E-state index is 0.0795. The second kappa shape index (κ2) is 6.95. The van der Waals surface area contributed by atoms with Crippen LogP contribution in [-0.4, -0.2) is 12.5 Å². The summed E-state index contributed by atoms with van der Waals surface area (Å²) in [5.41, 5.74) is 5.36. The SMILES string of the molecule is C=CCc1c(C)ccc(C(C)C)c1OCC(=O)NN. The summed E-state index contributed by atoms with van der Waals surface area (Å²) in [7, 11) is 0. The van der Waals surface area contributed by atoms with Gasteiger partial charge in [0.15, 0.2) is 6.61 Å². The average Bonchev–Trinajstić information content (AvgIpc) is 2.38. The number of aryl methyl sites for hydroxylation is 1. The van der Waals surface area contributed by atoms with Crippen molar-refractivity contribution in [2.45, 2.75) is 33.1 Å². The molecular formula is C15H22N2O2. The third kappa shape index (κ3) is 3.83. The Hall–Kier alpha value is -1.81. The quantitative estimate of drug-likeness (QED) is 0.357. The molecule has 0 heterocycles. The summed E-state index contributed by atoms with van der Waals surface area (Å²) in [6, 6.07) is 4.12. The smallest absolute Gasteiger partial charge is 0.271 e. The number of carbonyl (C=O) groups excluding carboxylic acids is 1. The molecule has 1 aromatic carbocycles. The highest BCUT2D eigenvalue weighted by Gasteiger charge is 2.15. The van der Waals surface area contributed by atoms with E-state index in [0.29, 0.717) is 12.3 Å². The summed E-state index contributed by atoms with van der Waals surface area (Å²) in [5, 5.41) is 0. The van der Waals surface area contributed by atoms with Crippen molar-refractivity contribution in [3.8, 4) is 5.75 Å². The molecule has 3 N–H and O–H groups in total. The van der Waals surface area contributed by atoms with Crippen LogP contribution in [0.3, 0.4) is 0 Å². The highest BCUT2D eigenvalue weighted by molar-refractivity contribution is 5.76. The summed E-state index contributed by atoms with van der Waals surface area (Å²) < 4.78 is 5.68. The molecular weight excluding hydrogens is 240 g/mol. The molecule has 0 spiro atoms. The molecule has 0 radical (unpaired) electrons. The highest BCUT2D eigenvalue weighted by Crippen LogP contribution is 2.33. The fourth-order valence-electron chi connectivity index (χ4n) is 1.95. The number of amides is 1. The lowest BCUT2D eigenvalue weighted by Gasteiger charge is -2.19. The van der Waals surface area contributed by atoms with Gasteiger partial charge in [0.25, 0.3) is 5.91 Å². The Kier molecular flexibility index (Phi) is 5.57. The number of nitrogens with two attached hydrogens (primary N) is 1. The second-order valence-corrected chi connectivity index (χ2v) is 4.78. The van der Waals surface area contributed by atoms with Gasteiger partial charge < -0.3 is 4.74 Å². The molecule has 1 aromatic rings. The summed E-state index contributed by atoms with van der Waals surface area (Å²) in [6.07, 6.45) is 2.55. The molecule has 0 bridgehead atoms. The molecule has 0 saturated heterocycles. The Morgan fingerprint density at radius 2 is 2.21 bits per heavy atom. The lowest BCUT2D eigenvalue weighted by atomic mass is 9.94. The van der Waals surface area contributed by atoms with Gasteiger partial charge in [0.1, 0.15) is 5.75 Å². The van der Waals surface area contributed by atoms with E-state index in [9.17, 15) is 4.79 Å². The van der Waals surface area contributed by atoms with Crippen LogP contribution in [0.2, 0.25) is 0 Å². The van der Waals surface area contributed by atoms with Gasteiger partial charge in [-0.3, -0.25) is 10.2 Å². The topological polar surface area (TPSA) is 64.3 Å². The maximum atomic E-state index is 11.2. The fraction of sp³-hybridized carbons (Fsp3) is 0.400. The molecule has 0 fully saturated rings. The summed E-state index contributed by atoms with van der Waals surface area (Å²) >= 11 is 0. The Morgan fingerprint density at radius 1 is 1.53 bits per heavy atom. The van der Waals surface area contributed by atoms with E-state index < -0.39 is 0 Å². The van der Waals surface area contributed by atoms with Crippen molar-refractivity contribution in [3.05, 3.63) is 41.5 Å². The molecule has 0 aliphatic rings. The normalized spacial score (nSPS) is 10.4. The molecule has 0 aliphatic carbocycles. The first kappa shape index (κ1) is 15.2. The predicted molar refractivity (Wildman–Crippen MR) is 77.0 cm³/mol. The maximum Gasteiger partial charge on any atom is 0.271 e. The van der Waals surface area contributed by atoms with Gasteiger partial charge in [-0.25, -0.2) is 5.84 Å². The van der Waals surface area contributed by atoms with Gasteiger partial charge >= 0.3 is 0 Å². The van der Waals surface area contributed by atoms with Gasteiger partial charge in [-0.05, 0) is 30.4 Å². The second-order valence-electron chi connectivity index (χ2n) is 4.78. The van der Waals surface area contributed by atoms with E-state index in [-0.39, 0.29) is 12.5 Å². The number of hydrogen-bond donors (Lipinski definition) is 2. The molecule has 4 nitrogen and oxygen atoms in total. The van der Waals surface area contributed by atoms with Gasteiger partial charge in [0.05, 0.1) is 0 Å². The van der Waals surface area contributed by atoms with Crippen molar-refractivity contribution >= 4 is 5.91 Å². The van der Waals surface area contributed by atoms with E-state index in [1.807, 2.05) is 19.1 Å². The van der Waals surface area contributed by atoms with Crippen LogP contribution in [0.4, 0.5) is 0 Å². The van der Waals surface area contributed by atoms with Crippen LogP contribution in [0, 0.1) is 6.92 Å². The van der Waals surface area contributed by atoms with E-state index in [4.69, 9.17) is 10.6 Å². The molecule has 0 unspecified atom stereocenters. The van der Waals surface area contributed by atoms with Crippen LogP contribution in [0.25, 0.3) is 0 Å². The third-order valence-corrected chi connectivity index (χ3v) is 3.00. The van der Waals surface area contributed by atoms with Gasteiger partial charge in [-0.1, -0.05) is 32.1 Å². The summed E-state index contributed by atoms with van der Waals surface area (Å²) in [4.78, 5) is 11.2. The standard InChI is InChI=1S/C15H22N2O2/c1-5-6-13-11(4)7-8-12(10(2)3)15(13)19-9-14(18)17-16/h5,7-8,10H,1,6,9,16H2,2-4H3,(H,17,18). The molecule has 0 aliphatic heterocycles. The molecule has 0 atom stereocenters. The van der Waals surface area contributed by atoms with Crippen molar-refractivity contribution in [3.63, 3.8) is 0 Å². The van der Waals surface area contributed by atoms with Crippen LogP contribution in [0.15, 0.2) is 24.8 Å². The minimum atomic E-state index is -0.347. The van der Waals surface area contributed by atoms with E-state index >= 15 is 0 Å². The first-order valence-corrected chi connectivity index (χ1v) is 6.36. The van der Waals surface area contributed by atoms with E-state index in [2.05, 4.69) is 31.9 Å². The molecule has 104 valence electrons. The lowest BCUT2D eigenvalue weighted by molar-refractivity contribution is -0.123. The zero-order valence-corrected chi connectivity index (χ0v) is 11.8. The number of hydrazine groups is 1. The van der Waals surface area contributed by atoms with Crippen molar-refractivity contribution in [2.24, 2.45) is 5.84 Å². The van der Waals surface area contributed by atoms with Crippen molar-refractivity contribution < 1.29 is 9.53 Å². The number of hydrogen-bond acceptors (Lipinski definition) is 3. The van der Waals surface area contributed by atoms with E-state index in [1.165, 1.54) is 0 Å². The monoisotopic (exact) mass is 262 g/mol. The number of carbonyl (C=O) groups is 1. The molecule has 1 amide bonds. The van der Waals surface area contributed by atoms with Crippen LogP contribution in [-0.2, 0) is 11.2 Å². The molecule has 0 saturated carbocycles. The lowest BCUT2D eigenvalue weighted by Crippen LogP contribution is -2.34. The van der Waals surface area contributed by atoms with Gasteiger partial charge in [-0.15, -0.1) is 6.58 Å². The van der Waals surface area contributed by atoms with Crippen molar-refractivity contribution in [1.82, 2.24) is 5.43 Å². The van der Waals surface area contributed by atoms with E-state index in [0.717, 1.165) is 22.4 Å². The Balaban J connectivity index is 3.16. The predicted octanol–water partition coefficient (Wildman–Crippen LogP) is 2.22. The van der Waals surface area contributed by atoms with E-state index in [1.54, 1.807) is 0 Å². The first-order chi connectivity index (χ1) is 9.01. The van der Waals surface area contributed by atoms with Crippen molar-refractivity contribution in [2.75, 3.05) is 6.61 Å². The van der Waals surface area contributed by atoms with Gasteiger partial charge in [0.2, 0.25) is 0 Å². The molecule has 4 heteroatoms. The van der Waals surface area contributed by atoms with Crippen LogP contribution in [0.5, 0.6) is 5.75 Å². The van der Waals surface area contributed by atoms with Crippen molar-refractivity contribution in [1.29, 1.82) is 0 Å². The zero-order valence-electron chi connectivity index (χ0n) is 11.8. The number of rotatable bonds is 6. The van der Waals surface area contributed by atoms with Crippen LogP contribution in [0.1, 0.15) is 36.5 Å². The van der Waals surface area contributed by atoms with Crippen LogP contribution < -0.4 is 16.0 Å². The molecule has 1 rings (SSSR count). The Labute approximate surface area is 114 Å². The fourth-order valence-corrected chi connectivity index (χ4v) is 1.95. The number of ether oxygens (including phenoxy) is 1. The largest absolute Gasteiger partial charge is 0.483 e. The average molecular weight is 262 g/mol. The molecule has 0 aromatic heterocycles. The number of allylic oxidation sites excluding steroid dienone is 1. The highest BCUT2D eigenvalue weighted by atomic mass is 16.5. The zero-order chi connectivity index (χ0) is 14.4. The minimum Gasteiger partial charge on any atom is -0.483 e. The summed E-state index contributed by atoms with van der Waals surface area (Å²) in [6.45, 7) is 9.91. The molecule has 19 heavy (non-hydrogen) atoms. The summed E-state index contributed by atoms with van der Waals surface area (Å²) in [5.74, 6) is 5.81. The van der Waals surface area contributed by atoms with Gasteiger partial charge in [0, 0.05) is 5.56 Å². The van der Waals surface area contributed by atoms with Crippen LogP contribution >= 0.6 is 0 Å². The Bertz CT molecular complexity index is 467. The van der Waals surface area contributed by atoms with Gasteiger partial charge in [-0.2, -0.15) is 0 Å². The number of benzene rings is 1. The third-order valence-electron chi connectivity index (χ3n) is 3.00. The number of nitrogens with one attached hydrogen (secondary N) is 1. The Morgan fingerprint density at radius 3 is 2.74 bits per heavy atom. The first-order valence-electron chi connectivity index (χ1n) is 6.36. The maximum absolute atomic E-state index is 11.2.